The van der Waals surface area contributed by atoms with Crippen LogP contribution in [-0.4, -0.2) is 84.5 Å². The van der Waals surface area contributed by atoms with Crippen LogP contribution in [0.25, 0.3) is 44.3 Å². The van der Waals surface area contributed by atoms with Crippen LogP contribution in [0.3, 0.4) is 0 Å². The maximum absolute atomic E-state index is 13.1. The van der Waals surface area contributed by atoms with Gasteiger partial charge in [0.15, 0.2) is 0 Å². The van der Waals surface area contributed by atoms with Crippen LogP contribution in [0, 0.1) is 11.8 Å². The predicted octanol–water partition coefficient (Wildman–Crippen LogP) is 11.6. The van der Waals surface area contributed by atoms with Gasteiger partial charge in [-0.25, -0.2) is 24.7 Å². The Morgan fingerprint density at radius 2 is 1.17 bits per heavy atom. The largest absolute Gasteiger partial charge is 0.444 e. The molecule has 18 heteroatoms. The molecule has 0 unspecified atom stereocenters. The van der Waals surface area contributed by atoms with Gasteiger partial charge in [-0.15, -0.1) is 0 Å². The average molecular weight is 994 g/mol. The second kappa shape index (κ2) is 21.6. The van der Waals surface area contributed by atoms with Crippen LogP contribution in [0.2, 0.25) is 10.0 Å². The lowest BCUT2D eigenvalue weighted by molar-refractivity contribution is -0.121. The van der Waals surface area contributed by atoms with E-state index in [1.807, 2.05) is 130 Å². The molecule has 4 aromatic carbocycles. The molecule has 8 aromatic rings. The van der Waals surface area contributed by atoms with Crippen molar-refractivity contribution in [3.05, 3.63) is 132 Å². The van der Waals surface area contributed by atoms with Crippen molar-refractivity contribution >= 4 is 97.6 Å². The van der Waals surface area contributed by atoms with Gasteiger partial charge in [0.2, 0.25) is 23.7 Å². The molecule has 4 aromatic heterocycles. The standard InChI is InChI=1S/C29H31ClN6O3.C24H23ClN6O/c1-29(2,3)39-28(38)36-13-7-8-18(17-36)26(37)33-19-9-6-10-20(14-19)34-27-32-16-23(30)25(35-27)22-15-31-24-12-5-4-11-21(22)24;25-20-14-28-24(31-22(20)19-13-27-21-9-2-1-8-18(19)21)30-17-7-3-6-16(11-17)29-23(32)15-5-4-10-26-12-15/h4-6,9-12,14-16,18,31H,7-8,13,17H2,1-3H3,(H,33,37)(H,32,34,35);1-3,6-9,11,13-15,26-27H,4-5,10,12H2,(H,29,32)(H,28,30,31)/t18-;15-/m11/s1. The number of carbonyl (C=O) groups is 3. The Labute approximate surface area is 420 Å². The van der Waals surface area contributed by atoms with E-state index in [0.717, 1.165) is 76.7 Å². The van der Waals surface area contributed by atoms with Gasteiger partial charge in [-0.05, 0) is 102 Å². The zero-order valence-electron chi connectivity index (χ0n) is 39.5. The van der Waals surface area contributed by atoms with Crippen molar-refractivity contribution in [2.75, 3.05) is 47.4 Å². The van der Waals surface area contributed by atoms with E-state index >= 15 is 0 Å². The number of fused-ring (bicyclic) bond motifs is 2. The second-order valence-corrected chi connectivity index (χ2v) is 19.3. The summed E-state index contributed by atoms with van der Waals surface area (Å²) in [4.78, 5) is 64.2. The van der Waals surface area contributed by atoms with E-state index in [-0.39, 0.29) is 29.7 Å². The van der Waals surface area contributed by atoms with Gasteiger partial charge in [-0.2, -0.15) is 0 Å². The number of para-hydroxylation sites is 2. The normalized spacial score (nSPS) is 15.9. The fourth-order valence-corrected chi connectivity index (χ4v) is 9.01. The van der Waals surface area contributed by atoms with Crippen LogP contribution >= 0.6 is 23.2 Å². The Hall–Kier alpha value is -7.53. The fourth-order valence-electron chi connectivity index (χ4n) is 8.62. The molecule has 0 aliphatic carbocycles. The highest BCUT2D eigenvalue weighted by Crippen LogP contribution is 2.35. The lowest BCUT2D eigenvalue weighted by atomic mass is 9.97. The first kappa shape index (κ1) is 48.5. The number of benzene rings is 4. The molecular formula is C53H54Cl2N12O4. The molecule has 0 radical (unpaired) electrons. The third-order valence-corrected chi connectivity index (χ3v) is 12.6. The Kier molecular flexibility index (Phi) is 14.8. The highest BCUT2D eigenvalue weighted by Gasteiger charge is 2.31. The minimum atomic E-state index is -0.580. The number of rotatable bonds is 10. The number of hydrogen-bond acceptors (Lipinski definition) is 11. The minimum Gasteiger partial charge on any atom is -0.444 e. The van der Waals surface area contributed by atoms with Crippen molar-refractivity contribution in [1.29, 1.82) is 0 Å². The summed E-state index contributed by atoms with van der Waals surface area (Å²) in [6.07, 6.45) is 9.94. The SMILES string of the molecule is CC(C)(C)OC(=O)N1CCC[C@@H](C(=O)Nc2cccc(Nc3ncc(Cl)c(-c4c[nH]c5ccccc45)n3)c2)C1.O=C(Nc1cccc(Nc2ncc(Cl)c(-c3c[nH]c4ccccc34)n2)c1)[C@@H]1CCCNC1. The quantitative estimate of drug-likeness (QED) is 0.0686. The molecule has 0 bridgehead atoms. The minimum absolute atomic E-state index is 0.00121. The van der Waals surface area contributed by atoms with Crippen molar-refractivity contribution < 1.29 is 19.1 Å². The Bertz CT molecular complexity index is 3200. The molecule has 0 saturated carbocycles. The van der Waals surface area contributed by atoms with Gasteiger partial charge >= 0.3 is 6.09 Å². The first-order valence-corrected chi connectivity index (χ1v) is 24.3. The summed E-state index contributed by atoms with van der Waals surface area (Å²) in [5, 5.41) is 18.7. The molecule has 2 saturated heterocycles. The smallest absolute Gasteiger partial charge is 0.410 e. The third kappa shape index (κ3) is 12.1. The first-order chi connectivity index (χ1) is 34.3. The van der Waals surface area contributed by atoms with Crippen LogP contribution in [0.5, 0.6) is 0 Å². The van der Waals surface area contributed by atoms with Gasteiger partial charge < -0.3 is 46.2 Å². The van der Waals surface area contributed by atoms with E-state index in [9.17, 15) is 14.4 Å². The van der Waals surface area contributed by atoms with Crippen LogP contribution < -0.4 is 26.6 Å². The van der Waals surface area contributed by atoms with Gasteiger partial charge in [0.25, 0.3) is 0 Å². The van der Waals surface area contributed by atoms with Crippen molar-refractivity contribution in [1.82, 2.24) is 40.1 Å². The van der Waals surface area contributed by atoms with Crippen molar-refractivity contribution in [3.63, 3.8) is 0 Å². The monoisotopic (exact) mass is 992 g/mol. The number of H-pyrrole nitrogens is 2. The summed E-state index contributed by atoms with van der Waals surface area (Å²) in [6.45, 7) is 8.10. The zero-order valence-corrected chi connectivity index (χ0v) is 41.0. The molecule has 364 valence electrons. The Balaban J connectivity index is 0.000000179. The first-order valence-electron chi connectivity index (χ1n) is 23.6. The van der Waals surface area contributed by atoms with Crippen molar-refractivity contribution in [2.24, 2.45) is 11.8 Å². The molecule has 6 heterocycles. The molecule has 3 amide bonds. The number of nitrogens with zero attached hydrogens (tertiary/aromatic N) is 5. The van der Waals surface area contributed by atoms with E-state index in [1.165, 1.54) is 0 Å². The molecule has 16 nitrogen and oxygen atoms in total. The summed E-state index contributed by atoms with van der Waals surface area (Å²) in [5.74, 6) is 0.390. The summed E-state index contributed by atoms with van der Waals surface area (Å²) in [6, 6.07) is 30.8. The fraction of sp³-hybridized carbons (Fsp3) is 0.264. The van der Waals surface area contributed by atoms with Crippen molar-refractivity contribution in [2.45, 2.75) is 52.1 Å². The third-order valence-electron chi connectivity index (χ3n) is 12.1. The average Bonchev–Trinajstić information content (AvgIpc) is 4.00. The molecular weight excluding hydrogens is 940 g/mol. The van der Waals surface area contributed by atoms with E-state index in [2.05, 4.69) is 56.5 Å². The molecule has 2 aliphatic rings. The number of carbonyl (C=O) groups excluding carboxylic acids is 3. The lowest BCUT2D eigenvalue weighted by Gasteiger charge is -2.33. The summed E-state index contributed by atoms with van der Waals surface area (Å²) < 4.78 is 5.48. The highest BCUT2D eigenvalue weighted by molar-refractivity contribution is 6.33. The number of nitrogens with one attached hydrogen (secondary N) is 7. The summed E-state index contributed by atoms with van der Waals surface area (Å²) in [5.41, 5.74) is 7.34. The molecule has 2 aliphatic heterocycles. The van der Waals surface area contributed by atoms with Gasteiger partial charge in [-0.1, -0.05) is 71.7 Å². The number of likely N-dealkylation sites (tertiary alicyclic amines) is 1. The molecule has 7 N–H and O–H groups in total. The maximum Gasteiger partial charge on any atom is 0.410 e. The van der Waals surface area contributed by atoms with E-state index in [0.29, 0.717) is 64.2 Å². The highest BCUT2D eigenvalue weighted by atomic mass is 35.5. The number of piperidine rings is 2. The Morgan fingerprint density at radius 1 is 0.662 bits per heavy atom. The summed E-state index contributed by atoms with van der Waals surface area (Å²) in [7, 11) is 0. The number of halogens is 2. The molecule has 2 fully saturated rings. The topological polar surface area (TPSA) is 207 Å². The molecule has 10 rings (SSSR count). The van der Waals surface area contributed by atoms with Gasteiger partial charge in [-0.3, -0.25) is 9.59 Å². The van der Waals surface area contributed by atoms with Gasteiger partial charge in [0, 0.05) is 87.7 Å². The van der Waals surface area contributed by atoms with Crippen LogP contribution in [-0.2, 0) is 14.3 Å². The Morgan fingerprint density at radius 3 is 1.69 bits per heavy atom. The van der Waals surface area contributed by atoms with Crippen molar-refractivity contribution in [3.8, 4) is 22.5 Å². The number of hydrogen-bond donors (Lipinski definition) is 7. The predicted molar refractivity (Wildman–Crippen MR) is 282 cm³/mol. The lowest BCUT2D eigenvalue weighted by Crippen LogP contribution is -2.45. The molecule has 2 atom stereocenters. The van der Waals surface area contributed by atoms with Crippen LogP contribution in [0.4, 0.5) is 39.4 Å². The number of ether oxygens (including phenoxy) is 1. The van der Waals surface area contributed by atoms with E-state index < -0.39 is 5.60 Å². The number of aromatic nitrogens is 6. The zero-order chi connectivity index (χ0) is 49.5. The molecule has 0 spiro atoms. The summed E-state index contributed by atoms with van der Waals surface area (Å²) >= 11 is 12.9. The van der Waals surface area contributed by atoms with Gasteiger partial charge in [0.1, 0.15) is 5.60 Å². The number of anilines is 6. The maximum atomic E-state index is 13.1. The van der Waals surface area contributed by atoms with E-state index in [4.69, 9.17) is 27.9 Å². The van der Waals surface area contributed by atoms with Crippen LogP contribution in [0.15, 0.2) is 122 Å². The number of aromatic amines is 2. The molecule has 71 heavy (non-hydrogen) atoms. The second-order valence-electron chi connectivity index (χ2n) is 18.5. The van der Waals surface area contributed by atoms with Gasteiger partial charge in [0.05, 0.1) is 45.7 Å². The number of amides is 3. The van der Waals surface area contributed by atoms with E-state index in [1.54, 1.807) is 17.3 Å². The van der Waals surface area contributed by atoms with Crippen LogP contribution in [0.1, 0.15) is 46.5 Å².